The third-order valence-electron chi connectivity index (χ3n) is 5.26. The van der Waals surface area contributed by atoms with E-state index in [1.54, 1.807) is 6.21 Å². The molecule has 1 amide bonds. The normalized spacial score (nSPS) is 11.2. The summed E-state index contributed by atoms with van der Waals surface area (Å²) < 4.78 is 13.2. The summed E-state index contributed by atoms with van der Waals surface area (Å²) in [6.07, 6.45) is 1.73. The number of halogens is 1. The predicted molar refractivity (Wildman–Crippen MR) is 138 cm³/mol. The molecule has 4 aromatic rings. The molecule has 0 aliphatic carbocycles. The molecule has 1 heterocycles. The Kier molecular flexibility index (Phi) is 7.13. The van der Waals surface area contributed by atoms with Gasteiger partial charge < -0.3 is 5.32 Å². The van der Waals surface area contributed by atoms with Gasteiger partial charge in [0.15, 0.2) is 0 Å². The van der Waals surface area contributed by atoms with Gasteiger partial charge in [-0.05, 0) is 48.2 Å². The number of rotatable bonds is 7. The Morgan fingerprint density at radius 2 is 1.68 bits per heavy atom. The van der Waals surface area contributed by atoms with Crippen LogP contribution in [0.25, 0.3) is 11.3 Å². The molecule has 3 aromatic carbocycles. The number of hydrazone groups is 1. The molecular weight excluding hydrogens is 447 g/mol. The van der Waals surface area contributed by atoms with E-state index >= 15 is 0 Å². The first kappa shape index (κ1) is 23.3. The minimum Gasteiger partial charge on any atom is -0.312 e. The summed E-state index contributed by atoms with van der Waals surface area (Å²) in [6.45, 7) is 6.33. The first-order valence-electron chi connectivity index (χ1n) is 10.9. The second kappa shape index (κ2) is 10.4. The number of benzene rings is 3. The molecule has 0 aliphatic rings. The highest BCUT2D eigenvalue weighted by Crippen LogP contribution is 2.36. The molecule has 0 atom stereocenters. The van der Waals surface area contributed by atoms with Crippen molar-refractivity contribution in [2.75, 3.05) is 10.7 Å². The number of aromatic nitrogens is 1. The molecule has 7 heteroatoms. The molecule has 0 saturated heterocycles. The number of nitrogens with one attached hydrogen (secondary N) is 2. The fraction of sp³-hybridized carbons (Fsp3) is 0.148. The van der Waals surface area contributed by atoms with Crippen molar-refractivity contribution in [2.45, 2.75) is 26.7 Å². The maximum absolute atomic E-state index is 13.2. The second-order valence-electron chi connectivity index (χ2n) is 8.22. The summed E-state index contributed by atoms with van der Waals surface area (Å²) >= 11 is 1.28. The first-order chi connectivity index (χ1) is 16.4. The van der Waals surface area contributed by atoms with Crippen LogP contribution >= 0.6 is 11.3 Å². The van der Waals surface area contributed by atoms with Crippen molar-refractivity contribution in [3.8, 4) is 11.3 Å². The summed E-state index contributed by atoms with van der Waals surface area (Å²) in [5.74, 6) is -0.252. The number of nitrogens with zero attached hydrogens (tertiary/aromatic N) is 2. The number of amides is 1. The molecular formula is C27H25FN4OS. The lowest BCUT2D eigenvalue weighted by molar-refractivity contribution is 0.102. The lowest BCUT2D eigenvalue weighted by atomic mass is 10.0. The quantitative estimate of drug-likeness (QED) is 0.223. The van der Waals surface area contributed by atoms with E-state index in [1.807, 2.05) is 43.3 Å². The smallest absolute Gasteiger partial charge is 0.256 e. The molecule has 2 N–H and O–H groups in total. The molecule has 0 bridgehead atoms. The lowest BCUT2D eigenvalue weighted by Crippen LogP contribution is -2.11. The largest absolute Gasteiger partial charge is 0.312 e. The minimum atomic E-state index is -0.391. The van der Waals surface area contributed by atoms with Crippen LogP contribution in [-0.4, -0.2) is 17.1 Å². The summed E-state index contributed by atoms with van der Waals surface area (Å²) in [7, 11) is 0. The summed E-state index contributed by atoms with van der Waals surface area (Å²) in [5.41, 5.74) is 8.21. The Labute approximate surface area is 202 Å². The Morgan fingerprint density at radius 1 is 1.00 bits per heavy atom. The third kappa shape index (κ3) is 5.74. The van der Waals surface area contributed by atoms with Crippen LogP contribution in [0.2, 0.25) is 0 Å². The van der Waals surface area contributed by atoms with Gasteiger partial charge in [-0.25, -0.2) is 9.37 Å². The van der Waals surface area contributed by atoms with Gasteiger partial charge in [0.25, 0.3) is 5.91 Å². The van der Waals surface area contributed by atoms with E-state index in [9.17, 15) is 9.18 Å². The molecule has 1 aromatic heterocycles. The zero-order valence-corrected chi connectivity index (χ0v) is 20.0. The van der Waals surface area contributed by atoms with Crippen molar-refractivity contribution in [1.82, 2.24) is 4.98 Å². The maximum atomic E-state index is 13.2. The fourth-order valence-corrected chi connectivity index (χ4v) is 4.10. The molecule has 0 fully saturated rings. The molecule has 0 aliphatic heterocycles. The zero-order valence-electron chi connectivity index (χ0n) is 19.2. The van der Waals surface area contributed by atoms with Gasteiger partial charge in [0.2, 0.25) is 5.13 Å². The second-order valence-corrected chi connectivity index (χ2v) is 9.21. The van der Waals surface area contributed by atoms with Crippen molar-refractivity contribution in [2.24, 2.45) is 5.10 Å². The topological polar surface area (TPSA) is 66.4 Å². The molecule has 4 rings (SSSR count). The van der Waals surface area contributed by atoms with E-state index in [1.165, 1.54) is 41.2 Å². The maximum Gasteiger partial charge on any atom is 0.256 e. The van der Waals surface area contributed by atoms with Gasteiger partial charge in [-0.15, -0.1) is 0 Å². The number of carbonyl (C=O) groups excluding carboxylic acids is 1. The first-order valence-corrected chi connectivity index (χ1v) is 11.7. The van der Waals surface area contributed by atoms with Crippen molar-refractivity contribution in [3.63, 3.8) is 0 Å². The molecule has 0 saturated carbocycles. The van der Waals surface area contributed by atoms with Crippen LogP contribution in [0, 0.1) is 12.7 Å². The molecule has 0 radical (unpaired) electrons. The van der Waals surface area contributed by atoms with Crippen LogP contribution in [0.1, 0.15) is 46.8 Å². The van der Waals surface area contributed by atoms with Gasteiger partial charge in [0.05, 0.1) is 6.21 Å². The van der Waals surface area contributed by atoms with Gasteiger partial charge >= 0.3 is 0 Å². The van der Waals surface area contributed by atoms with Crippen molar-refractivity contribution in [1.29, 1.82) is 0 Å². The van der Waals surface area contributed by atoms with Crippen LogP contribution < -0.4 is 10.7 Å². The number of thiazole rings is 1. The predicted octanol–water partition coefficient (Wildman–Crippen LogP) is 7.08. The van der Waals surface area contributed by atoms with Gasteiger partial charge in [-0.1, -0.05) is 79.3 Å². The molecule has 0 unspecified atom stereocenters. The van der Waals surface area contributed by atoms with E-state index in [-0.39, 0.29) is 5.91 Å². The number of hydrogen-bond donors (Lipinski definition) is 2. The van der Waals surface area contributed by atoms with Gasteiger partial charge in [0, 0.05) is 11.1 Å². The SMILES string of the molecule is Cc1ccc(-c2nc(NN=Cc3ccc(C(C)C)cc3)sc2NC(=O)c2ccc(F)cc2)cc1. The zero-order chi connectivity index (χ0) is 24.1. The van der Waals surface area contributed by atoms with Crippen LogP contribution in [-0.2, 0) is 0 Å². The highest BCUT2D eigenvalue weighted by atomic mass is 32.1. The number of anilines is 2. The van der Waals surface area contributed by atoms with Crippen LogP contribution in [0.5, 0.6) is 0 Å². The van der Waals surface area contributed by atoms with Crippen molar-refractivity contribution >= 4 is 33.6 Å². The van der Waals surface area contributed by atoms with Gasteiger partial charge in [-0.2, -0.15) is 5.10 Å². The van der Waals surface area contributed by atoms with E-state index < -0.39 is 5.82 Å². The van der Waals surface area contributed by atoms with E-state index in [2.05, 4.69) is 46.8 Å². The summed E-state index contributed by atoms with van der Waals surface area (Å²) in [6, 6.07) is 21.6. The highest BCUT2D eigenvalue weighted by Gasteiger charge is 2.16. The monoisotopic (exact) mass is 472 g/mol. The van der Waals surface area contributed by atoms with Crippen LogP contribution in [0.4, 0.5) is 14.5 Å². The Morgan fingerprint density at radius 3 is 2.32 bits per heavy atom. The Hall–Kier alpha value is -3.84. The fourth-order valence-electron chi connectivity index (χ4n) is 3.27. The molecule has 0 spiro atoms. The average molecular weight is 473 g/mol. The van der Waals surface area contributed by atoms with Crippen molar-refractivity contribution in [3.05, 3.63) is 101 Å². The lowest BCUT2D eigenvalue weighted by Gasteiger charge is -2.06. The summed E-state index contributed by atoms with van der Waals surface area (Å²) in [4.78, 5) is 17.4. The van der Waals surface area contributed by atoms with Crippen LogP contribution in [0.15, 0.2) is 77.9 Å². The Balaban J connectivity index is 1.56. The van der Waals surface area contributed by atoms with Gasteiger partial charge in [-0.3, -0.25) is 10.2 Å². The third-order valence-corrected chi connectivity index (χ3v) is 6.14. The van der Waals surface area contributed by atoms with E-state index in [0.717, 1.165) is 16.7 Å². The number of carbonyl (C=O) groups is 1. The van der Waals surface area contributed by atoms with E-state index in [0.29, 0.717) is 27.3 Å². The standard InChI is InChI=1S/C27H25FN4OS/c1-17(2)20-10-6-19(7-11-20)16-29-32-27-30-24(21-8-4-18(3)5-9-21)26(34-27)31-25(33)22-12-14-23(28)15-13-22/h4-17H,1-3H3,(H,30,32)(H,31,33). The molecule has 172 valence electrons. The molecule has 34 heavy (non-hydrogen) atoms. The Bertz CT molecular complexity index is 1290. The average Bonchev–Trinajstić information content (AvgIpc) is 3.22. The van der Waals surface area contributed by atoms with Crippen molar-refractivity contribution < 1.29 is 9.18 Å². The number of aryl methyl sites for hydroxylation is 1. The minimum absolute atomic E-state index is 0.336. The van der Waals surface area contributed by atoms with Gasteiger partial charge in [0.1, 0.15) is 16.5 Å². The molecule has 5 nitrogen and oxygen atoms in total. The highest BCUT2D eigenvalue weighted by molar-refractivity contribution is 7.20. The van der Waals surface area contributed by atoms with Crippen LogP contribution in [0.3, 0.4) is 0 Å². The summed E-state index contributed by atoms with van der Waals surface area (Å²) in [5, 5.41) is 8.34. The number of hydrogen-bond acceptors (Lipinski definition) is 5. The van der Waals surface area contributed by atoms with E-state index in [4.69, 9.17) is 0 Å².